The predicted octanol–water partition coefficient (Wildman–Crippen LogP) is 3.13. The molecule has 1 aromatic heterocycles. The minimum Gasteiger partial charge on any atom is -0.485 e. The summed E-state index contributed by atoms with van der Waals surface area (Å²) < 4.78 is 12.2. The van der Waals surface area contributed by atoms with Crippen molar-refractivity contribution in [3.63, 3.8) is 0 Å². The molecule has 30 heavy (non-hydrogen) atoms. The number of rotatable bonds is 2. The van der Waals surface area contributed by atoms with Gasteiger partial charge in [0.1, 0.15) is 11.4 Å². The molecule has 6 nitrogen and oxygen atoms in total. The minimum absolute atomic E-state index is 0.0485. The van der Waals surface area contributed by atoms with Gasteiger partial charge in [-0.15, -0.1) is 0 Å². The number of morpholine rings is 1. The first-order valence-electron chi connectivity index (χ1n) is 11.0. The number of ether oxygens (including phenoxy) is 2. The van der Waals surface area contributed by atoms with Gasteiger partial charge in [0, 0.05) is 49.2 Å². The van der Waals surface area contributed by atoms with E-state index in [-0.39, 0.29) is 11.5 Å². The lowest BCUT2D eigenvalue weighted by atomic mass is 9.80. The largest absolute Gasteiger partial charge is 0.485 e. The van der Waals surface area contributed by atoms with Crippen LogP contribution in [0.1, 0.15) is 41.6 Å². The molecule has 2 aromatic rings. The number of para-hydroxylation sites is 1. The van der Waals surface area contributed by atoms with Crippen LogP contribution >= 0.6 is 0 Å². The van der Waals surface area contributed by atoms with Gasteiger partial charge in [-0.05, 0) is 43.9 Å². The highest BCUT2D eigenvalue weighted by Crippen LogP contribution is 2.39. The molecule has 1 spiro atoms. The van der Waals surface area contributed by atoms with E-state index < -0.39 is 0 Å². The molecule has 2 aliphatic heterocycles. The monoisotopic (exact) mass is 407 g/mol. The van der Waals surface area contributed by atoms with E-state index in [1.54, 1.807) is 24.5 Å². The van der Waals surface area contributed by atoms with Crippen molar-refractivity contribution in [2.75, 3.05) is 32.8 Å². The number of amides is 1. The molecule has 0 bridgehead atoms. The van der Waals surface area contributed by atoms with Crippen LogP contribution in [0.3, 0.4) is 0 Å². The van der Waals surface area contributed by atoms with Gasteiger partial charge in [0.2, 0.25) is 0 Å². The number of hydrogen-bond acceptors (Lipinski definition) is 5. The zero-order chi connectivity index (χ0) is 20.4. The van der Waals surface area contributed by atoms with Crippen LogP contribution in [0.5, 0.6) is 5.75 Å². The van der Waals surface area contributed by atoms with Crippen LogP contribution in [-0.2, 0) is 11.3 Å². The van der Waals surface area contributed by atoms with Crippen molar-refractivity contribution in [2.24, 2.45) is 0 Å². The number of fused-ring (bicyclic) bond motifs is 1. The van der Waals surface area contributed by atoms with Crippen molar-refractivity contribution in [1.82, 2.24) is 14.8 Å². The Labute approximate surface area is 177 Å². The summed E-state index contributed by atoms with van der Waals surface area (Å²) >= 11 is 0. The van der Waals surface area contributed by atoms with Crippen LogP contribution in [0.4, 0.5) is 0 Å². The molecular weight excluding hydrogens is 378 g/mol. The third kappa shape index (κ3) is 3.94. The molecule has 6 heteroatoms. The maximum Gasteiger partial charge on any atom is 0.254 e. The first-order chi connectivity index (χ1) is 14.7. The van der Waals surface area contributed by atoms with Crippen molar-refractivity contribution in [2.45, 2.75) is 43.9 Å². The highest BCUT2D eigenvalue weighted by Gasteiger charge is 2.43. The maximum absolute atomic E-state index is 13.3. The first-order valence-corrected chi connectivity index (χ1v) is 11.0. The van der Waals surface area contributed by atoms with Gasteiger partial charge >= 0.3 is 0 Å². The molecule has 3 aliphatic rings. The van der Waals surface area contributed by atoms with E-state index in [0.29, 0.717) is 24.7 Å². The summed E-state index contributed by atoms with van der Waals surface area (Å²) in [7, 11) is 0. The quantitative estimate of drug-likeness (QED) is 0.766. The van der Waals surface area contributed by atoms with Gasteiger partial charge in [-0.3, -0.25) is 14.7 Å². The number of benzene rings is 1. The van der Waals surface area contributed by atoms with Crippen LogP contribution in [0.25, 0.3) is 0 Å². The molecule has 3 heterocycles. The number of aromatic nitrogens is 1. The number of hydrogen-bond donors (Lipinski definition) is 0. The smallest absolute Gasteiger partial charge is 0.254 e. The molecule has 0 radical (unpaired) electrons. The van der Waals surface area contributed by atoms with Crippen molar-refractivity contribution < 1.29 is 14.3 Å². The van der Waals surface area contributed by atoms with E-state index >= 15 is 0 Å². The Hall–Kier alpha value is -2.44. The van der Waals surface area contributed by atoms with E-state index in [2.05, 4.69) is 16.0 Å². The van der Waals surface area contributed by atoms with E-state index in [1.165, 1.54) is 0 Å². The van der Waals surface area contributed by atoms with Gasteiger partial charge in [-0.1, -0.05) is 18.2 Å². The Morgan fingerprint density at radius 2 is 1.77 bits per heavy atom. The minimum atomic E-state index is -0.321. The lowest BCUT2D eigenvalue weighted by Gasteiger charge is -2.45. The summed E-state index contributed by atoms with van der Waals surface area (Å²) in [5, 5.41) is 0. The predicted molar refractivity (Wildman–Crippen MR) is 113 cm³/mol. The molecule has 1 amide bonds. The Morgan fingerprint density at radius 3 is 2.53 bits per heavy atom. The van der Waals surface area contributed by atoms with Gasteiger partial charge in [0.25, 0.3) is 5.91 Å². The topological polar surface area (TPSA) is 54.9 Å². The average Bonchev–Trinajstić information content (AvgIpc) is 2.97. The Balaban J connectivity index is 1.38. The Bertz CT molecular complexity index is 874. The van der Waals surface area contributed by atoms with Crippen molar-refractivity contribution in [1.29, 1.82) is 0 Å². The summed E-state index contributed by atoms with van der Waals surface area (Å²) in [6.45, 7) is 4.91. The van der Waals surface area contributed by atoms with Gasteiger partial charge in [0.05, 0.1) is 19.8 Å². The zero-order valence-corrected chi connectivity index (χ0v) is 17.3. The third-order valence-electron chi connectivity index (χ3n) is 6.78. The molecule has 1 aliphatic carbocycles. The molecule has 1 saturated heterocycles. The molecule has 0 atom stereocenters. The number of carbonyl (C=O) groups is 1. The molecule has 0 unspecified atom stereocenters. The van der Waals surface area contributed by atoms with Crippen LogP contribution < -0.4 is 4.74 Å². The number of nitrogens with zero attached hydrogens (tertiary/aromatic N) is 3. The van der Waals surface area contributed by atoms with Crippen molar-refractivity contribution >= 4 is 5.91 Å². The molecule has 1 aromatic carbocycles. The van der Waals surface area contributed by atoms with Crippen molar-refractivity contribution in [3.8, 4) is 5.75 Å². The molecule has 158 valence electrons. The van der Waals surface area contributed by atoms with Crippen LogP contribution in [0, 0.1) is 0 Å². The van der Waals surface area contributed by atoms with E-state index in [9.17, 15) is 4.79 Å². The van der Waals surface area contributed by atoms with Gasteiger partial charge in [0.15, 0.2) is 0 Å². The fourth-order valence-electron chi connectivity index (χ4n) is 5.13. The molecule has 2 fully saturated rings. The summed E-state index contributed by atoms with van der Waals surface area (Å²) in [6.07, 6.45) is 7.48. The van der Waals surface area contributed by atoms with Gasteiger partial charge in [-0.2, -0.15) is 0 Å². The lowest BCUT2D eigenvalue weighted by molar-refractivity contribution is -0.0362. The SMILES string of the molecule is O=C(c1ccncc1)N1Cc2ccccc2OC2(CCC(N3CCOCC3)CC2)C1. The summed E-state index contributed by atoms with van der Waals surface area (Å²) in [5.41, 5.74) is 1.44. The second-order valence-corrected chi connectivity index (χ2v) is 8.67. The highest BCUT2D eigenvalue weighted by molar-refractivity contribution is 5.94. The standard InChI is InChI=1S/C24H29N3O3/c28-23(19-7-11-25-12-8-19)27-17-20-3-1-2-4-22(20)30-24(18-27)9-5-21(6-10-24)26-13-15-29-16-14-26/h1-4,7-8,11-12,21H,5-6,9-10,13-18H2. The molecule has 5 rings (SSSR count). The maximum atomic E-state index is 13.3. The lowest BCUT2D eigenvalue weighted by Crippen LogP contribution is -2.53. The molecular formula is C24H29N3O3. The summed E-state index contributed by atoms with van der Waals surface area (Å²) in [4.78, 5) is 21.9. The van der Waals surface area contributed by atoms with Crippen LogP contribution in [-0.4, -0.2) is 65.2 Å². The molecule has 1 saturated carbocycles. The van der Waals surface area contributed by atoms with Crippen LogP contribution in [0.2, 0.25) is 0 Å². The third-order valence-corrected chi connectivity index (χ3v) is 6.78. The average molecular weight is 408 g/mol. The Kier molecular flexibility index (Phi) is 5.44. The van der Waals surface area contributed by atoms with Crippen LogP contribution in [0.15, 0.2) is 48.8 Å². The zero-order valence-electron chi connectivity index (χ0n) is 17.3. The number of carbonyl (C=O) groups excluding carboxylic acids is 1. The fourth-order valence-corrected chi connectivity index (χ4v) is 5.13. The molecule has 0 N–H and O–H groups in total. The first kappa shape index (κ1) is 19.5. The van der Waals surface area contributed by atoms with Gasteiger partial charge < -0.3 is 14.4 Å². The second kappa shape index (κ2) is 8.36. The van der Waals surface area contributed by atoms with E-state index in [0.717, 1.165) is 63.3 Å². The number of pyridine rings is 1. The second-order valence-electron chi connectivity index (χ2n) is 8.67. The Morgan fingerprint density at radius 1 is 1.03 bits per heavy atom. The normalized spacial score (nSPS) is 27.2. The van der Waals surface area contributed by atoms with E-state index in [4.69, 9.17) is 9.47 Å². The van der Waals surface area contributed by atoms with Gasteiger partial charge in [-0.25, -0.2) is 0 Å². The highest BCUT2D eigenvalue weighted by atomic mass is 16.5. The fraction of sp³-hybridized carbons (Fsp3) is 0.500. The summed E-state index contributed by atoms with van der Waals surface area (Å²) in [5.74, 6) is 0.972. The van der Waals surface area contributed by atoms with Crippen molar-refractivity contribution in [3.05, 3.63) is 59.9 Å². The van der Waals surface area contributed by atoms with E-state index in [1.807, 2.05) is 23.1 Å². The summed E-state index contributed by atoms with van der Waals surface area (Å²) in [6, 6.07) is 12.3.